The molecule has 6 rings (SSSR count). The number of benzene rings is 2. The fraction of sp³-hybridized carbons (Fsp3) is 0.257. The predicted molar refractivity (Wildman–Crippen MR) is 192 cm³/mol. The number of primary amides is 2. The van der Waals surface area contributed by atoms with E-state index in [1.165, 1.54) is 0 Å². The molecule has 0 spiro atoms. The van der Waals surface area contributed by atoms with Crippen LogP contribution >= 0.6 is 0 Å². The normalized spacial score (nSPS) is 11.5. The molecule has 16 heteroatoms. The van der Waals surface area contributed by atoms with Crippen LogP contribution in [0.1, 0.15) is 72.5 Å². The zero-order valence-electron chi connectivity index (χ0n) is 28.9. The lowest BCUT2D eigenvalue weighted by Crippen LogP contribution is -2.20. The average molecular weight is 691 g/mol. The van der Waals surface area contributed by atoms with E-state index in [9.17, 15) is 19.2 Å². The number of carbonyl (C=O) groups excluding carboxylic acids is 4. The molecule has 0 aliphatic heterocycles. The van der Waals surface area contributed by atoms with Gasteiger partial charge in [0.1, 0.15) is 11.4 Å². The monoisotopic (exact) mass is 690 g/mol. The van der Waals surface area contributed by atoms with Gasteiger partial charge in [0.2, 0.25) is 23.7 Å². The zero-order chi connectivity index (χ0) is 36.6. The van der Waals surface area contributed by atoms with E-state index in [0.717, 1.165) is 5.56 Å². The number of aryl methyl sites for hydroxylation is 5. The molecule has 262 valence electrons. The van der Waals surface area contributed by atoms with Gasteiger partial charge in [0, 0.05) is 37.3 Å². The van der Waals surface area contributed by atoms with E-state index in [1.807, 2.05) is 51.3 Å². The Labute approximate surface area is 292 Å². The maximum absolute atomic E-state index is 13.4. The van der Waals surface area contributed by atoms with E-state index in [1.54, 1.807) is 56.4 Å². The molecule has 0 unspecified atom stereocenters. The standard InChI is InChI=1S/C35H38N12O4/c1-6-46-27(15-20(4)42-46)32(50)40-34-38-24-17-22(30(36)48)10-11-26(24)44(34)12-8-9-13-45-29-19(3)14-23(31(37)49)18-25(29)39-35(45)41-33(51)28-16-21(5)43-47(28)7-2/h8-11,14-18H,6-7,12-13H2,1-5H3,(H2,36,48)(H2,37,49)(H,38,40,50)(H,39,41,51). The van der Waals surface area contributed by atoms with Crippen molar-refractivity contribution in [3.05, 3.63) is 94.1 Å². The molecular weight excluding hydrogens is 652 g/mol. The SMILES string of the molecule is CCn1nc(C)cc1C(=O)Nc1nc2cc(C(N)=O)ccc2n1CC=CCn1c(NC(=O)c2cc(C)nn2CC)nc2cc(C(N)=O)cc(C)c21. The number of nitrogens with two attached hydrogens (primary N) is 2. The van der Waals surface area contributed by atoms with E-state index in [2.05, 4.69) is 30.8 Å². The first-order valence-electron chi connectivity index (χ1n) is 16.4. The van der Waals surface area contributed by atoms with Gasteiger partial charge in [-0.15, -0.1) is 0 Å². The van der Waals surface area contributed by atoms with Gasteiger partial charge < -0.3 is 20.6 Å². The second-order valence-electron chi connectivity index (χ2n) is 12.0. The summed E-state index contributed by atoms with van der Waals surface area (Å²) in [5, 5.41) is 14.6. The number of imidazole rings is 2. The van der Waals surface area contributed by atoms with Crippen LogP contribution in [0.15, 0.2) is 54.6 Å². The molecule has 0 radical (unpaired) electrons. The van der Waals surface area contributed by atoms with Crippen LogP contribution in [0.25, 0.3) is 22.1 Å². The van der Waals surface area contributed by atoms with Crippen molar-refractivity contribution in [1.82, 2.24) is 38.7 Å². The Kier molecular flexibility index (Phi) is 9.24. The van der Waals surface area contributed by atoms with Crippen LogP contribution in [-0.2, 0) is 26.2 Å². The Morgan fingerprint density at radius 1 is 0.686 bits per heavy atom. The van der Waals surface area contributed by atoms with Crippen molar-refractivity contribution in [3.8, 4) is 0 Å². The number of allylic oxidation sites excluding steroid dienone is 2. The van der Waals surface area contributed by atoms with E-state index < -0.39 is 11.8 Å². The van der Waals surface area contributed by atoms with Crippen molar-refractivity contribution in [2.24, 2.45) is 11.5 Å². The molecule has 4 amide bonds. The highest BCUT2D eigenvalue weighted by atomic mass is 16.2. The molecule has 0 saturated heterocycles. The first-order chi connectivity index (χ1) is 24.4. The van der Waals surface area contributed by atoms with E-state index in [0.29, 0.717) is 63.5 Å². The molecule has 4 aromatic heterocycles. The molecule has 0 saturated carbocycles. The Balaban J connectivity index is 1.34. The third kappa shape index (κ3) is 6.70. The van der Waals surface area contributed by atoms with Gasteiger partial charge in [0.15, 0.2) is 0 Å². The minimum absolute atomic E-state index is 0.265. The van der Waals surface area contributed by atoms with Crippen LogP contribution in [0.4, 0.5) is 11.9 Å². The van der Waals surface area contributed by atoms with E-state index in [-0.39, 0.29) is 42.4 Å². The summed E-state index contributed by atoms with van der Waals surface area (Å²) in [6.07, 6.45) is 3.78. The third-order valence-corrected chi connectivity index (χ3v) is 8.41. The molecule has 0 aliphatic rings. The third-order valence-electron chi connectivity index (χ3n) is 8.41. The molecule has 2 aromatic carbocycles. The van der Waals surface area contributed by atoms with Gasteiger partial charge in [-0.1, -0.05) is 12.2 Å². The summed E-state index contributed by atoms with van der Waals surface area (Å²) in [5.74, 6) is -1.41. The lowest BCUT2D eigenvalue weighted by molar-refractivity contribution is 0.0992. The summed E-state index contributed by atoms with van der Waals surface area (Å²) in [6, 6.07) is 11.6. The Bertz CT molecular complexity index is 2390. The Hall–Kier alpha value is -6.58. The summed E-state index contributed by atoms with van der Waals surface area (Å²) in [6.45, 7) is 10.8. The fourth-order valence-electron chi connectivity index (χ4n) is 6.09. The fourth-order valence-corrected chi connectivity index (χ4v) is 6.09. The van der Waals surface area contributed by atoms with Crippen LogP contribution in [-0.4, -0.2) is 62.3 Å². The van der Waals surface area contributed by atoms with Crippen molar-refractivity contribution in [1.29, 1.82) is 0 Å². The van der Waals surface area contributed by atoms with Crippen molar-refractivity contribution < 1.29 is 19.2 Å². The quantitative estimate of drug-likeness (QED) is 0.139. The molecule has 16 nitrogen and oxygen atoms in total. The smallest absolute Gasteiger partial charge is 0.276 e. The first kappa shape index (κ1) is 34.3. The van der Waals surface area contributed by atoms with Crippen molar-refractivity contribution in [2.75, 3.05) is 10.6 Å². The Morgan fingerprint density at radius 2 is 1.20 bits per heavy atom. The number of rotatable bonds is 12. The second kappa shape index (κ2) is 13.7. The van der Waals surface area contributed by atoms with E-state index in [4.69, 9.17) is 11.5 Å². The van der Waals surface area contributed by atoms with Crippen LogP contribution in [0.3, 0.4) is 0 Å². The highest BCUT2D eigenvalue weighted by Gasteiger charge is 2.21. The minimum Gasteiger partial charge on any atom is -0.366 e. The number of nitrogens with zero attached hydrogens (tertiary/aromatic N) is 8. The van der Waals surface area contributed by atoms with Gasteiger partial charge in [-0.2, -0.15) is 10.2 Å². The van der Waals surface area contributed by atoms with Crippen molar-refractivity contribution >= 4 is 57.6 Å². The van der Waals surface area contributed by atoms with Crippen LogP contribution in [0.2, 0.25) is 0 Å². The molecule has 0 atom stereocenters. The van der Waals surface area contributed by atoms with E-state index >= 15 is 0 Å². The van der Waals surface area contributed by atoms with Crippen LogP contribution in [0, 0.1) is 20.8 Å². The average Bonchev–Trinajstić information content (AvgIpc) is 3.85. The van der Waals surface area contributed by atoms with Crippen LogP contribution in [0.5, 0.6) is 0 Å². The van der Waals surface area contributed by atoms with Crippen LogP contribution < -0.4 is 22.1 Å². The highest BCUT2D eigenvalue weighted by molar-refractivity contribution is 6.05. The van der Waals surface area contributed by atoms with Gasteiger partial charge in [-0.05, 0) is 82.6 Å². The molecule has 0 fully saturated rings. The lowest BCUT2D eigenvalue weighted by atomic mass is 10.1. The van der Waals surface area contributed by atoms with Gasteiger partial charge in [0.25, 0.3) is 11.8 Å². The number of aromatic nitrogens is 8. The van der Waals surface area contributed by atoms with Gasteiger partial charge in [0.05, 0.1) is 33.5 Å². The molecule has 0 bridgehead atoms. The van der Waals surface area contributed by atoms with Gasteiger partial charge >= 0.3 is 0 Å². The van der Waals surface area contributed by atoms with Gasteiger partial charge in [-0.3, -0.25) is 39.2 Å². The number of fused-ring (bicyclic) bond motifs is 2. The summed E-state index contributed by atoms with van der Waals surface area (Å²) >= 11 is 0. The molecule has 6 aromatic rings. The minimum atomic E-state index is -0.595. The number of carbonyl (C=O) groups is 4. The summed E-state index contributed by atoms with van der Waals surface area (Å²) in [7, 11) is 0. The highest BCUT2D eigenvalue weighted by Crippen LogP contribution is 2.26. The Morgan fingerprint density at radius 3 is 1.75 bits per heavy atom. The number of nitrogens with one attached hydrogen (secondary N) is 2. The molecular formula is C35H38N12O4. The summed E-state index contributed by atoms with van der Waals surface area (Å²) in [4.78, 5) is 60.1. The second-order valence-corrected chi connectivity index (χ2v) is 12.0. The zero-order valence-corrected chi connectivity index (χ0v) is 28.9. The molecule has 51 heavy (non-hydrogen) atoms. The number of amides is 4. The maximum Gasteiger partial charge on any atom is 0.276 e. The first-order valence-corrected chi connectivity index (χ1v) is 16.4. The predicted octanol–water partition coefficient (Wildman–Crippen LogP) is 3.70. The van der Waals surface area contributed by atoms with Gasteiger partial charge in [-0.25, -0.2) is 9.97 Å². The summed E-state index contributed by atoms with van der Waals surface area (Å²) in [5.41, 5.74) is 17.0. The van der Waals surface area contributed by atoms with Crippen molar-refractivity contribution in [3.63, 3.8) is 0 Å². The molecule has 0 aliphatic carbocycles. The number of hydrogen-bond donors (Lipinski definition) is 4. The largest absolute Gasteiger partial charge is 0.366 e. The molecule has 6 N–H and O–H groups in total. The maximum atomic E-state index is 13.4. The number of anilines is 2. The molecule has 4 heterocycles. The van der Waals surface area contributed by atoms with Crippen molar-refractivity contribution in [2.45, 2.75) is 60.8 Å². The summed E-state index contributed by atoms with van der Waals surface area (Å²) < 4.78 is 6.87. The number of hydrogen-bond acceptors (Lipinski definition) is 8. The topological polar surface area (TPSA) is 216 Å². The lowest BCUT2D eigenvalue weighted by Gasteiger charge is -2.11.